The second kappa shape index (κ2) is 8.97. The Hall–Kier alpha value is -2.81. The number of nitrogens with zero attached hydrogens (tertiary/aromatic N) is 1. The molecule has 2 amide bonds. The third-order valence-corrected chi connectivity index (χ3v) is 7.74. The number of benzene rings is 1. The zero-order valence-electron chi connectivity index (χ0n) is 17.2. The lowest BCUT2D eigenvalue weighted by atomic mass is 10.1. The predicted octanol–water partition coefficient (Wildman–Crippen LogP) is 3.39. The monoisotopic (exact) mass is 466 g/mol. The number of hydrogen-bond acceptors (Lipinski definition) is 6. The Balaban J connectivity index is 1.35. The van der Waals surface area contributed by atoms with Crippen LogP contribution in [0.1, 0.15) is 21.0 Å². The lowest BCUT2D eigenvalue weighted by Crippen LogP contribution is -2.53. The van der Waals surface area contributed by atoms with Crippen LogP contribution >= 0.6 is 22.7 Å². The maximum atomic E-state index is 13.5. The van der Waals surface area contributed by atoms with E-state index in [1.165, 1.54) is 11.3 Å². The highest BCUT2D eigenvalue weighted by atomic mass is 32.1. The predicted molar refractivity (Wildman–Crippen MR) is 124 cm³/mol. The highest BCUT2D eigenvalue weighted by Crippen LogP contribution is 2.29. The van der Waals surface area contributed by atoms with Crippen LogP contribution in [0.3, 0.4) is 0 Å². The molecule has 6 nitrogen and oxygen atoms in total. The van der Waals surface area contributed by atoms with Gasteiger partial charge in [-0.05, 0) is 40.4 Å². The van der Waals surface area contributed by atoms with Crippen molar-refractivity contribution in [3.8, 4) is 11.1 Å². The molecule has 5 rings (SSSR count). The normalized spacial score (nSPS) is 20.9. The van der Waals surface area contributed by atoms with Crippen LogP contribution < -0.4 is 5.32 Å². The first-order valence-electron chi connectivity index (χ1n) is 10.5. The zero-order chi connectivity index (χ0) is 22.1. The van der Waals surface area contributed by atoms with Crippen molar-refractivity contribution in [3.63, 3.8) is 0 Å². The van der Waals surface area contributed by atoms with Gasteiger partial charge in [-0.1, -0.05) is 36.4 Å². The van der Waals surface area contributed by atoms with Gasteiger partial charge in [-0.25, -0.2) is 0 Å². The lowest BCUT2D eigenvalue weighted by Gasteiger charge is -2.27. The topological polar surface area (TPSA) is 75.7 Å². The van der Waals surface area contributed by atoms with E-state index < -0.39 is 12.1 Å². The Morgan fingerprint density at radius 1 is 1.12 bits per heavy atom. The number of likely N-dealkylation sites (tertiary alicyclic amines) is 1. The molecular formula is C24H22N2O4S2. The van der Waals surface area contributed by atoms with Crippen LogP contribution in [-0.2, 0) is 20.7 Å². The minimum atomic E-state index is -0.740. The number of thiophene rings is 2. The summed E-state index contributed by atoms with van der Waals surface area (Å²) in [5.74, 6) is -0.567. The lowest BCUT2D eigenvalue weighted by molar-refractivity contribution is -0.138. The molecule has 0 saturated carbocycles. The van der Waals surface area contributed by atoms with E-state index in [1.807, 2.05) is 59.3 Å². The van der Waals surface area contributed by atoms with Gasteiger partial charge in [0.2, 0.25) is 5.91 Å². The minimum Gasteiger partial charge on any atom is -0.368 e. The molecule has 3 aromatic rings. The fourth-order valence-electron chi connectivity index (χ4n) is 4.34. The molecule has 2 fully saturated rings. The summed E-state index contributed by atoms with van der Waals surface area (Å²) >= 11 is 2.90. The van der Waals surface area contributed by atoms with E-state index in [0.29, 0.717) is 24.3 Å². The first-order chi connectivity index (χ1) is 15.6. The summed E-state index contributed by atoms with van der Waals surface area (Å²) < 4.78 is 5.52. The number of amides is 2. The molecule has 4 heterocycles. The van der Waals surface area contributed by atoms with Crippen molar-refractivity contribution in [3.05, 3.63) is 69.0 Å². The van der Waals surface area contributed by atoms with Gasteiger partial charge < -0.3 is 15.0 Å². The molecule has 1 aromatic carbocycles. The summed E-state index contributed by atoms with van der Waals surface area (Å²) in [5.41, 5.74) is 2.01. The Morgan fingerprint density at radius 3 is 2.75 bits per heavy atom. The maximum Gasteiger partial charge on any atom is 0.262 e. The number of carbonyl (C=O) groups excluding carboxylic acids is 3. The second-order valence-electron chi connectivity index (χ2n) is 7.96. The SMILES string of the molecule is O=C(NC(Cc1cccs1)C(=O)N1CCC2OCC(=O)C21)c1cc(-c2ccccc2)cs1. The zero-order valence-corrected chi connectivity index (χ0v) is 18.9. The summed E-state index contributed by atoms with van der Waals surface area (Å²) in [6, 6.07) is 14.3. The standard InChI is InChI=1S/C24H22N2O4S2/c27-19-13-30-20-8-9-26(22(19)20)24(29)18(12-17-7-4-10-31-17)25-23(28)21-11-16(14-32-21)15-5-2-1-3-6-15/h1-7,10-11,14,18,20,22H,8-9,12-13H2,(H,25,28). The molecule has 0 bridgehead atoms. The molecule has 164 valence electrons. The number of rotatable bonds is 6. The molecule has 2 aliphatic heterocycles. The van der Waals surface area contributed by atoms with Gasteiger partial charge >= 0.3 is 0 Å². The third-order valence-electron chi connectivity index (χ3n) is 5.91. The summed E-state index contributed by atoms with van der Waals surface area (Å²) in [5, 5.41) is 6.84. The Bertz CT molecular complexity index is 1130. The van der Waals surface area contributed by atoms with Crippen molar-refractivity contribution >= 4 is 40.3 Å². The average molecular weight is 467 g/mol. The van der Waals surface area contributed by atoms with Gasteiger partial charge in [-0.2, -0.15) is 0 Å². The molecule has 2 aliphatic rings. The van der Waals surface area contributed by atoms with Crippen molar-refractivity contribution < 1.29 is 19.1 Å². The first-order valence-corrected chi connectivity index (χ1v) is 12.3. The summed E-state index contributed by atoms with van der Waals surface area (Å²) in [6.45, 7) is 0.520. The molecule has 3 atom stereocenters. The fourth-order valence-corrected chi connectivity index (χ4v) is 5.91. The van der Waals surface area contributed by atoms with Crippen LogP contribution in [0.4, 0.5) is 0 Å². The number of hydrogen-bond donors (Lipinski definition) is 1. The molecule has 1 N–H and O–H groups in total. The van der Waals surface area contributed by atoms with Crippen LogP contribution in [0.2, 0.25) is 0 Å². The number of Topliss-reactive ketones (excluding diaryl/α,β-unsaturated/α-hetero) is 1. The molecular weight excluding hydrogens is 444 g/mol. The first kappa shape index (κ1) is 21.1. The van der Waals surface area contributed by atoms with Gasteiger partial charge in [0.15, 0.2) is 5.78 Å². The van der Waals surface area contributed by atoms with E-state index in [4.69, 9.17) is 4.74 Å². The number of ketones is 1. The van der Waals surface area contributed by atoms with Crippen molar-refractivity contribution in [2.45, 2.75) is 31.0 Å². The van der Waals surface area contributed by atoms with E-state index >= 15 is 0 Å². The molecule has 2 saturated heterocycles. The molecule has 2 aromatic heterocycles. The van der Waals surface area contributed by atoms with Crippen LogP contribution in [0.25, 0.3) is 11.1 Å². The quantitative estimate of drug-likeness (QED) is 0.604. The van der Waals surface area contributed by atoms with Crippen molar-refractivity contribution in [1.29, 1.82) is 0 Å². The number of carbonyl (C=O) groups is 3. The van der Waals surface area contributed by atoms with Gasteiger partial charge in [-0.3, -0.25) is 14.4 Å². The van der Waals surface area contributed by atoms with E-state index in [-0.39, 0.29) is 30.3 Å². The molecule has 3 unspecified atom stereocenters. The Morgan fingerprint density at radius 2 is 1.97 bits per heavy atom. The van der Waals surface area contributed by atoms with Gasteiger partial charge in [0, 0.05) is 17.8 Å². The molecule has 32 heavy (non-hydrogen) atoms. The number of nitrogens with one attached hydrogen (secondary N) is 1. The van der Waals surface area contributed by atoms with Gasteiger partial charge in [0.05, 0.1) is 11.0 Å². The van der Waals surface area contributed by atoms with Gasteiger partial charge in [0.25, 0.3) is 5.91 Å². The highest BCUT2D eigenvalue weighted by Gasteiger charge is 2.48. The number of fused-ring (bicyclic) bond motifs is 1. The fraction of sp³-hybridized carbons (Fsp3) is 0.292. The van der Waals surface area contributed by atoms with Crippen molar-refractivity contribution in [2.75, 3.05) is 13.2 Å². The second-order valence-corrected chi connectivity index (χ2v) is 9.90. The van der Waals surface area contributed by atoms with E-state index in [1.54, 1.807) is 16.2 Å². The smallest absolute Gasteiger partial charge is 0.262 e. The summed E-state index contributed by atoms with van der Waals surface area (Å²) in [4.78, 5) is 42.0. The molecule has 8 heteroatoms. The Labute approximate surface area is 193 Å². The Kier molecular flexibility index (Phi) is 5.91. The molecule has 0 radical (unpaired) electrons. The third kappa shape index (κ3) is 4.13. The van der Waals surface area contributed by atoms with Crippen LogP contribution in [0.15, 0.2) is 59.3 Å². The number of ether oxygens (including phenoxy) is 1. The summed E-state index contributed by atoms with van der Waals surface area (Å²) in [7, 11) is 0. The van der Waals surface area contributed by atoms with Crippen molar-refractivity contribution in [2.24, 2.45) is 0 Å². The van der Waals surface area contributed by atoms with Gasteiger partial charge in [0.1, 0.15) is 18.7 Å². The van der Waals surface area contributed by atoms with Crippen LogP contribution in [-0.4, -0.2) is 53.8 Å². The molecule has 0 spiro atoms. The maximum absolute atomic E-state index is 13.5. The van der Waals surface area contributed by atoms with E-state index in [9.17, 15) is 14.4 Å². The van der Waals surface area contributed by atoms with E-state index in [0.717, 1.165) is 16.0 Å². The summed E-state index contributed by atoms with van der Waals surface area (Å²) in [6.07, 6.45) is 0.810. The average Bonchev–Trinajstić information content (AvgIpc) is 3.60. The van der Waals surface area contributed by atoms with Crippen LogP contribution in [0, 0.1) is 0 Å². The van der Waals surface area contributed by atoms with Gasteiger partial charge in [-0.15, -0.1) is 22.7 Å². The minimum absolute atomic E-state index is 0.0541. The van der Waals surface area contributed by atoms with Crippen LogP contribution in [0.5, 0.6) is 0 Å². The largest absolute Gasteiger partial charge is 0.368 e. The van der Waals surface area contributed by atoms with Crippen molar-refractivity contribution in [1.82, 2.24) is 10.2 Å². The van der Waals surface area contributed by atoms with E-state index in [2.05, 4.69) is 5.32 Å². The highest BCUT2D eigenvalue weighted by molar-refractivity contribution is 7.12. The molecule has 0 aliphatic carbocycles.